The molecule has 0 N–H and O–H groups in total. The number of rotatable bonds is 9. The van der Waals surface area contributed by atoms with Crippen molar-refractivity contribution in [2.24, 2.45) is 4.99 Å². The number of benzene rings is 3. The van der Waals surface area contributed by atoms with Gasteiger partial charge in [0.2, 0.25) is 0 Å². The average Bonchev–Trinajstić information content (AvgIpc) is 3.08. The molecule has 1 saturated heterocycles. The summed E-state index contributed by atoms with van der Waals surface area (Å²) in [6, 6.07) is 20.8. The number of ether oxygens (including phenoxy) is 3. The Hall–Kier alpha value is -4.29. The SMILES string of the molecule is CCOC(=O)C1=C(C)N=C(SCc2ccc(OC)cc2)N(C(=O)OC2CCN(Cc3ccccc3)CC2)C1c1ccccc1C(F)(F)F. The number of carbonyl (C=O) groups is 2. The lowest BCUT2D eigenvalue weighted by molar-refractivity contribution is -0.141. The molecule has 1 atom stereocenters. The number of alkyl halides is 3. The molecular formula is C36H38F3N3O5S. The van der Waals surface area contributed by atoms with E-state index in [4.69, 9.17) is 14.2 Å². The van der Waals surface area contributed by atoms with Crippen LogP contribution >= 0.6 is 11.8 Å². The van der Waals surface area contributed by atoms with Crippen LogP contribution in [0.1, 0.15) is 55.0 Å². The molecular weight excluding hydrogens is 643 g/mol. The summed E-state index contributed by atoms with van der Waals surface area (Å²) in [7, 11) is 1.56. The van der Waals surface area contributed by atoms with Crippen LogP contribution in [0.3, 0.4) is 0 Å². The predicted molar refractivity (Wildman–Crippen MR) is 178 cm³/mol. The maximum Gasteiger partial charge on any atom is 0.417 e. The van der Waals surface area contributed by atoms with Gasteiger partial charge in [-0.05, 0) is 61.6 Å². The van der Waals surface area contributed by atoms with Crippen LogP contribution in [0.2, 0.25) is 0 Å². The molecule has 1 unspecified atom stereocenters. The molecule has 3 aromatic rings. The second-order valence-electron chi connectivity index (χ2n) is 11.5. The molecule has 1 amide bonds. The molecule has 0 radical (unpaired) electrons. The molecule has 0 aromatic heterocycles. The van der Waals surface area contributed by atoms with Gasteiger partial charge in [-0.15, -0.1) is 0 Å². The first-order valence-corrected chi connectivity index (χ1v) is 16.7. The van der Waals surface area contributed by atoms with E-state index in [9.17, 15) is 22.8 Å². The van der Waals surface area contributed by atoms with Gasteiger partial charge in [0.25, 0.3) is 0 Å². The number of aliphatic imine (C=N–C) groups is 1. The maximum atomic E-state index is 14.5. The third-order valence-electron chi connectivity index (χ3n) is 8.22. The van der Waals surface area contributed by atoms with Gasteiger partial charge in [0.1, 0.15) is 17.9 Å². The quantitative estimate of drug-likeness (QED) is 0.212. The Morgan fingerprint density at radius 3 is 2.25 bits per heavy atom. The summed E-state index contributed by atoms with van der Waals surface area (Å²) in [6.45, 7) is 5.23. The highest BCUT2D eigenvalue weighted by Gasteiger charge is 2.46. The number of methoxy groups -OCH3 is 1. The molecule has 48 heavy (non-hydrogen) atoms. The Morgan fingerprint density at radius 2 is 1.60 bits per heavy atom. The number of hydrogen-bond acceptors (Lipinski definition) is 8. The lowest BCUT2D eigenvalue weighted by Gasteiger charge is -2.38. The predicted octanol–water partition coefficient (Wildman–Crippen LogP) is 8.00. The maximum absolute atomic E-state index is 14.5. The summed E-state index contributed by atoms with van der Waals surface area (Å²) < 4.78 is 60.0. The van der Waals surface area contributed by atoms with E-state index in [1.54, 1.807) is 26.2 Å². The van der Waals surface area contributed by atoms with E-state index in [0.29, 0.717) is 37.4 Å². The monoisotopic (exact) mass is 681 g/mol. The molecule has 5 rings (SSSR count). The first-order valence-electron chi connectivity index (χ1n) is 15.7. The number of amidine groups is 1. The molecule has 2 aliphatic heterocycles. The summed E-state index contributed by atoms with van der Waals surface area (Å²) in [5, 5.41) is 0.116. The molecule has 0 aliphatic carbocycles. The Morgan fingerprint density at radius 1 is 0.938 bits per heavy atom. The van der Waals surface area contributed by atoms with E-state index < -0.39 is 35.9 Å². The summed E-state index contributed by atoms with van der Waals surface area (Å²) in [5.41, 5.74) is 0.795. The third kappa shape index (κ3) is 8.40. The van der Waals surface area contributed by atoms with Gasteiger partial charge in [-0.25, -0.2) is 19.5 Å². The summed E-state index contributed by atoms with van der Waals surface area (Å²) in [6.07, 6.45) is -5.04. The Bertz CT molecular complexity index is 1640. The molecule has 2 aliphatic rings. The van der Waals surface area contributed by atoms with Crippen molar-refractivity contribution in [1.29, 1.82) is 0 Å². The van der Waals surface area contributed by atoms with Gasteiger partial charge in [0.15, 0.2) is 5.17 Å². The van der Waals surface area contributed by atoms with Gasteiger partial charge in [-0.3, -0.25) is 4.90 Å². The molecule has 0 saturated carbocycles. The number of hydrogen-bond donors (Lipinski definition) is 0. The van der Waals surface area contributed by atoms with E-state index >= 15 is 0 Å². The van der Waals surface area contributed by atoms with Gasteiger partial charge < -0.3 is 14.2 Å². The fourth-order valence-electron chi connectivity index (χ4n) is 5.83. The molecule has 2 heterocycles. The van der Waals surface area contributed by atoms with Crippen LogP contribution in [0.4, 0.5) is 18.0 Å². The van der Waals surface area contributed by atoms with E-state index in [0.717, 1.165) is 23.1 Å². The fraction of sp³-hybridized carbons (Fsp3) is 0.361. The fourth-order valence-corrected chi connectivity index (χ4v) is 6.84. The minimum atomic E-state index is -4.77. The normalized spacial score (nSPS) is 17.6. The zero-order valence-electron chi connectivity index (χ0n) is 27.0. The van der Waals surface area contributed by atoms with Crippen LogP contribution in [0, 0.1) is 0 Å². The number of piperidine rings is 1. The topological polar surface area (TPSA) is 80.7 Å². The number of carbonyl (C=O) groups excluding carboxylic acids is 2. The second kappa shape index (κ2) is 15.7. The second-order valence-corrected chi connectivity index (χ2v) is 12.4. The van der Waals surface area contributed by atoms with Crippen molar-refractivity contribution in [2.45, 2.75) is 57.3 Å². The number of halogens is 3. The summed E-state index contributed by atoms with van der Waals surface area (Å²) >= 11 is 1.17. The van der Waals surface area contributed by atoms with Gasteiger partial charge >= 0.3 is 18.2 Å². The first-order chi connectivity index (χ1) is 23.1. The lowest BCUT2D eigenvalue weighted by Crippen LogP contribution is -2.46. The zero-order chi connectivity index (χ0) is 34.3. The van der Waals surface area contributed by atoms with E-state index in [2.05, 4.69) is 22.0 Å². The summed E-state index contributed by atoms with van der Waals surface area (Å²) in [5.74, 6) is 0.146. The van der Waals surface area contributed by atoms with E-state index in [1.165, 1.54) is 42.4 Å². The van der Waals surface area contributed by atoms with Crippen LogP contribution < -0.4 is 4.74 Å². The van der Waals surface area contributed by atoms with Crippen LogP contribution in [-0.4, -0.2) is 59.9 Å². The van der Waals surface area contributed by atoms with E-state index in [1.807, 2.05) is 30.3 Å². The average molecular weight is 682 g/mol. The van der Waals surface area contributed by atoms with Crippen molar-refractivity contribution in [1.82, 2.24) is 9.80 Å². The largest absolute Gasteiger partial charge is 0.497 e. The third-order valence-corrected chi connectivity index (χ3v) is 9.25. The van der Waals surface area contributed by atoms with Crippen molar-refractivity contribution >= 4 is 29.0 Å². The number of esters is 1. The Balaban J connectivity index is 1.48. The smallest absolute Gasteiger partial charge is 0.417 e. The highest BCUT2D eigenvalue weighted by molar-refractivity contribution is 8.13. The number of allylic oxidation sites excluding steroid dienone is 1. The van der Waals surface area contributed by atoms with Crippen molar-refractivity contribution in [3.05, 3.63) is 112 Å². The number of likely N-dealkylation sites (tertiary alicyclic amines) is 1. The standard InChI is InChI=1S/C36H38F3N3O5S/c1-4-46-33(43)31-24(2)40-34(48-23-26-14-16-27(45-3)17-15-26)42(32(31)29-12-8-9-13-30(29)36(37,38)39)35(44)47-28-18-20-41(21-19-28)22-25-10-6-5-7-11-25/h5-17,28,32H,4,18-23H2,1-3H3. The van der Waals surface area contributed by atoms with Crippen molar-refractivity contribution in [3.63, 3.8) is 0 Å². The van der Waals surface area contributed by atoms with Gasteiger partial charge in [0.05, 0.1) is 30.6 Å². The minimum Gasteiger partial charge on any atom is -0.497 e. The first kappa shape index (κ1) is 35.0. The lowest BCUT2D eigenvalue weighted by atomic mass is 9.91. The van der Waals surface area contributed by atoms with Crippen molar-refractivity contribution < 1.29 is 37.0 Å². The molecule has 1 fully saturated rings. The zero-order valence-corrected chi connectivity index (χ0v) is 27.9. The van der Waals surface area contributed by atoms with Crippen LogP contribution in [-0.2, 0) is 32.7 Å². The number of thioether (sulfide) groups is 1. The van der Waals surface area contributed by atoms with Crippen molar-refractivity contribution in [3.8, 4) is 5.75 Å². The van der Waals surface area contributed by atoms with Gasteiger partial charge in [-0.1, -0.05) is 72.4 Å². The highest BCUT2D eigenvalue weighted by Crippen LogP contribution is 2.44. The van der Waals surface area contributed by atoms with Crippen LogP contribution in [0.15, 0.2) is 95.1 Å². The molecule has 0 spiro atoms. The minimum absolute atomic E-state index is 0.0158. The van der Waals surface area contributed by atoms with E-state index in [-0.39, 0.29) is 28.6 Å². The number of amides is 1. The molecule has 3 aromatic carbocycles. The van der Waals surface area contributed by atoms with Gasteiger partial charge in [0, 0.05) is 25.4 Å². The van der Waals surface area contributed by atoms with Crippen LogP contribution in [0.5, 0.6) is 5.75 Å². The molecule has 0 bridgehead atoms. The molecule has 254 valence electrons. The Labute approximate surface area is 282 Å². The summed E-state index contributed by atoms with van der Waals surface area (Å²) in [4.78, 5) is 35.6. The van der Waals surface area contributed by atoms with Crippen molar-refractivity contribution in [2.75, 3.05) is 26.8 Å². The van der Waals surface area contributed by atoms with Gasteiger partial charge in [-0.2, -0.15) is 13.2 Å². The van der Waals surface area contributed by atoms with Crippen LogP contribution in [0.25, 0.3) is 0 Å². The Kier molecular flexibility index (Phi) is 11.5. The molecule has 8 nitrogen and oxygen atoms in total. The highest BCUT2D eigenvalue weighted by atomic mass is 32.2. The molecule has 12 heteroatoms. The number of nitrogens with zero attached hydrogens (tertiary/aromatic N) is 3.